The molecule has 21 heavy (non-hydrogen) atoms. The van der Waals surface area contributed by atoms with Crippen LogP contribution in [-0.4, -0.2) is 39.0 Å². The van der Waals surface area contributed by atoms with Crippen molar-refractivity contribution in [3.8, 4) is 0 Å². The van der Waals surface area contributed by atoms with Gasteiger partial charge in [-0.2, -0.15) is 0 Å². The molecule has 0 aliphatic carbocycles. The Labute approximate surface area is 121 Å². The van der Waals surface area contributed by atoms with Crippen LogP contribution in [0.25, 0.3) is 0 Å². The lowest BCUT2D eigenvalue weighted by Gasteiger charge is -2.24. The zero-order valence-electron chi connectivity index (χ0n) is 11.4. The Hall–Kier alpha value is -1.70. The van der Waals surface area contributed by atoms with Crippen molar-refractivity contribution in [1.82, 2.24) is 0 Å². The van der Waals surface area contributed by atoms with Crippen LogP contribution in [0.15, 0.2) is 12.1 Å². The summed E-state index contributed by atoms with van der Waals surface area (Å²) in [6.45, 7) is 0. The highest BCUT2D eigenvalue weighted by molar-refractivity contribution is 7.91. The van der Waals surface area contributed by atoms with Gasteiger partial charge in [-0.1, -0.05) is 0 Å². The predicted molar refractivity (Wildman–Crippen MR) is 73.0 cm³/mol. The van der Waals surface area contributed by atoms with Crippen molar-refractivity contribution in [3.63, 3.8) is 0 Å². The second-order valence-corrected chi connectivity index (χ2v) is 7.18. The van der Waals surface area contributed by atoms with Crippen LogP contribution in [0.3, 0.4) is 0 Å². The number of esters is 1. The van der Waals surface area contributed by atoms with Crippen molar-refractivity contribution in [2.45, 2.75) is 18.9 Å². The Morgan fingerprint density at radius 2 is 1.86 bits per heavy atom. The maximum atomic E-state index is 13.7. The molecule has 1 N–H and O–H groups in total. The molecule has 0 spiro atoms. The molecule has 2 rings (SSSR count). The minimum absolute atomic E-state index is 0.0251. The van der Waals surface area contributed by atoms with Gasteiger partial charge >= 0.3 is 5.97 Å². The molecule has 8 heteroatoms. The smallest absolute Gasteiger partial charge is 0.340 e. The van der Waals surface area contributed by atoms with Gasteiger partial charge in [0.05, 0.1) is 29.9 Å². The standard InChI is InChI=1S/C13H15F2NO4S/c1-20-13(17)9-6-12(11(15)7-10(9)14)16-8-2-4-21(18,19)5-3-8/h6-8,16H,2-5H2,1H3. The molecular weight excluding hydrogens is 304 g/mol. The Bertz CT molecular complexity index is 646. The first-order chi connectivity index (χ1) is 9.82. The zero-order valence-corrected chi connectivity index (χ0v) is 12.2. The van der Waals surface area contributed by atoms with Crippen LogP contribution in [0.2, 0.25) is 0 Å². The van der Waals surface area contributed by atoms with Gasteiger partial charge in [0.1, 0.15) is 21.5 Å². The fourth-order valence-electron chi connectivity index (χ4n) is 2.18. The van der Waals surface area contributed by atoms with Gasteiger partial charge in [-0.25, -0.2) is 22.0 Å². The summed E-state index contributed by atoms with van der Waals surface area (Å²) in [7, 11) is -1.92. The third-order valence-electron chi connectivity index (χ3n) is 3.38. The molecule has 0 aromatic heterocycles. The summed E-state index contributed by atoms with van der Waals surface area (Å²) in [5.41, 5.74) is -0.411. The molecule has 1 aromatic carbocycles. The van der Waals surface area contributed by atoms with Gasteiger partial charge in [-0.3, -0.25) is 0 Å². The molecule has 1 aromatic rings. The van der Waals surface area contributed by atoms with E-state index in [1.165, 1.54) is 0 Å². The number of sulfone groups is 1. The fourth-order valence-corrected chi connectivity index (χ4v) is 3.67. The monoisotopic (exact) mass is 319 g/mol. The summed E-state index contributed by atoms with van der Waals surface area (Å²) >= 11 is 0. The third kappa shape index (κ3) is 3.69. The highest BCUT2D eigenvalue weighted by atomic mass is 32.2. The number of hydrogen-bond acceptors (Lipinski definition) is 5. The minimum atomic E-state index is -3.02. The van der Waals surface area contributed by atoms with Crippen molar-refractivity contribution in [3.05, 3.63) is 29.3 Å². The van der Waals surface area contributed by atoms with Crippen molar-refractivity contribution in [2.24, 2.45) is 0 Å². The van der Waals surface area contributed by atoms with Crippen LogP contribution in [-0.2, 0) is 14.6 Å². The van der Waals surface area contributed by atoms with Crippen LogP contribution >= 0.6 is 0 Å². The average Bonchev–Trinajstić information content (AvgIpc) is 2.43. The van der Waals surface area contributed by atoms with Crippen LogP contribution in [0.1, 0.15) is 23.2 Å². The van der Waals surface area contributed by atoms with Gasteiger partial charge in [-0.15, -0.1) is 0 Å². The lowest BCUT2D eigenvalue weighted by molar-refractivity contribution is 0.0595. The predicted octanol–water partition coefficient (Wildman–Crippen LogP) is 1.74. The third-order valence-corrected chi connectivity index (χ3v) is 5.09. The number of nitrogens with one attached hydrogen (secondary N) is 1. The molecule has 1 heterocycles. The maximum Gasteiger partial charge on any atom is 0.340 e. The molecule has 0 bridgehead atoms. The van der Waals surface area contributed by atoms with Crippen molar-refractivity contribution < 1.29 is 26.7 Å². The highest BCUT2D eigenvalue weighted by Gasteiger charge is 2.25. The molecule has 0 amide bonds. The van der Waals surface area contributed by atoms with E-state index in [-0.39, 0.29) is 28.8 Å². The summed E-state index contributed by atoms with van der Waals surface area (Å²) in [6.07, 6.45) is 0.680. The van der Waals surface area contributed by atoms with Gasteiger partial charge in [0.25, 0.3) is 0 Å². The number of carbonyl (C=O) groups is 1. The second-order valence-electron chi connectivity index (χ2n) is 4.87. The Morgan fingerprint density at radius 1 is 1.24 bits per heavy atom. The number of anilines is 1. The van der Waals surface area contributed by atoms with E-state index in [2.05, 4.69) is 10.1 Å². The summed E-state index contributed by atoms with van der Waals surface area (Å²) in [5, 5.41) is 2.82. The van der Waals surface area contributed by atoms with Gasteiger partial charge in [0.2, 0.25) is 0 Å². The molecule has 1 aliphatic rings. The number of rotatable bonds is 3. The van der Waals surface area contributed by atoms with Crippen molar-refractivity contribution >= 4 is 21.5 Å². The molecule has 0 atom stereocenters. The van der Waals surface area contributed by atoms with E-state index in [0.29, 0.717) is 18.9 Å². The molecule has 116 valence electrons. The fraction of sp³-hybridized carbons (Fsp3) is 0.462. The molecule has 0 saturated carbocycles. The molecule has 1 aliphatic heterocycles. The van der Waals surface area contributed by atoms with E-state index < -0.39 is 27.4 Å². The SMILES string of the molecule is COC(=O)c1cc(NC2CCS(=O)(=O)CC2)c(F)cc1F. The summed E-state index contributed by atoms with van der Waals surface area (Å²) in [5.74, 6) is -2.69. The Kier molecular flexibility index (Phi) is 4.46. The van der Waals surface area contributed by atoms with Crippen LogP contribution in [0.5, 0.6) is 0 Å². The largest absolute Gasteiger partial charge is 0.465 e. The molecular formula is C13H15F2NO4S. The molecule has 1 saturated heterocycles. The quantitative estimate of drug-likeness (QED) is 0.859. The zero-order chi connectivity index (χ0) is 15.6. The number of hydrogen-bond donors (Lipinski definition) is 1. The lowest BCUT2D eigenvalue weighted by atomic mass is 10.1. The molecule has 0 radical (unpaired) electrons. The van der Waals surface area contributed by atoms with E-state index in [1.807, 2.05) is 0 Å². The first-order valence-electron chi connectivity index (χ1n) is 6.37. The van der Waals surface area contributed by atoms with Gasteiger partial charge in [0.15, 0.2) is 0 Å². The molecule has 5 nitrogen and oxygen atoms in total. The minimum Gasteiger partial charge on any atom is -0.465 e. The van der Waals surface area contributed by atoms with Gasteiger partial charge < -0.3 is 10.1 Å². The second kappa shape index (κ2) is 5.97. The number of carbonyl (C=O) groups excluding carboxylic acids is 1. The van der Waals surface area contributed by atoms with E-state index in [0.717, 1.165) is 13.2 Å². The van der Waals surface area contributed by atoms with E-state index in [4.69, 9.17) is 0 Å². The van der Waals surface area contributed by atoms with Crippen LogP contribution in [0, 0.1) is 11.6 Å². The Balaban J connectivity index is 2.18. The van der Waals surface area contributed by atoms with E-state index >= 15 is 0 Å². The first kappa shape index (κ1) is 15.7. The van der Waals surface area contributed by atoms with E-state index in [1.54, 1.807) is 0 Å². The van der Waals surface area contributed by atoms with Crippen LogP contribution < -0.4 is 5.32 Å². The first-order valence-corrected chi connectivity index (χ1v) is 8.19. The molecule has 0 unspecified atom stereocenters. The maximum absolute atomic E-state index is 13.7. The summed E-state index contributed by atoms with van der Waals surface area (Å²) in [4.78, 5) is 11.4. The van der Waals surface area contributed by atoms with Crippen LogP contribution in [0.4, 0.5) is 14.5 Å². The topological polar surface area (TPSA) is 72.5 Å². The van der Waals surface area contributed by atoms with Gasteiger partial charge in [0, 0.05) is 12.1 Å². The number of ether oxygens (including phenoxy) is 1. The Morgan fingerprint density at radius 3 is 2.43 bits per heavy atom. The average molecular weight is 319 g/mol. The number of benzene rings is 1. The number of methoxy groups -OCH3 is 1. The summed E-state index contributed by atoms with van der Waals surface area (Å²) in [6, 6.07) is 1.41. The number of halogens is 2. The summed E-state index contributed by atoms with van der Waals surface area (Å²) < 4.78 is 54.3. The normalized spacial score (nSPS) is 18.2. The molecule has 1 fully saturated rings. The van der Waals surface area contributed by atoms with E-state index in [9.17, 15) is 22.0 Å². The highest BCUT2D eigenvalue weighted by Crippen LogP contribution is 2.24. The lowest BCUT2D eigenvalue weighted by Crippen LogP contribution is -2.32. The van der Waals surface area contributed by atoms with Gasteiger partial charge in [-0.05, 0) is 18.9 Å². The van der Waals surface area contributed by atoms with Crippen molar-refractivity contribution in [1.29, 1.82) is 0 Å². The van der Waals surface area contributed by atoms with Crippen molar-refractivity contribution in [2.75, 3.05) is 23.9 Å².